The minimum absolute atomic E-state index is 0.0272. The van der Waals surface area contributed by atoms with Crippen molar-refractivity contribution in [3.63, 3.8) is 0 Å². The summed E-state index contributed by atoms with van der Waals surface area (Å²) in [5.74, 6) is -0.0272. The van der Waals surface area contributed by atoms with E-state index in [0.29, 0.717) is 23.0 Å². The number of hydrogen-bond donors (Lipinski definition) is 2. The molecule has 0 unspecified atom stereocenters. The van der Waals surface area contributed by atoms with Crippen LogP contribution in [0, 0.1) is 0 Å². The molecule has 0 saturated heterocycles. The predicted octanol–water partition coefficient (Wildman–Crippen LogP) is 1.50. The quantitative estimate of drug-likeness (QED) is 0.870. The van der Waals surface area contributed by atoms with Gasteiger partial charge >= 0.3 is 0 Å². The van der Waals surface area contributed by atoms with Gasteiger partial charge in [-0.05, 0) is 38.0 Å². The van der Waals surface area contributed by atoms with Gasteiger partial charge in [0, 0.05) is 18.8 Å². The highest BCUT2D eigenvalue weighted by molar-refractivity contribution is 7.15. The molecule has 0 fully saturated rings. The van der Waals surface area contributed by atoms with Gasteiger partial charge in [0.05, 0.1) is 5.54 Å². The summed E-state index contributed by atoms with van der Waals surface area (Å²) >= 11 is 1.28. The smallest absolute Gasteiger partial charge is 0.221 e. The molecule has 0 radical (unpaired) electrons. The van der Waals surface area contributed by atoms with Gasteiger partial charge in [0.25, 0.3) is 0 Å². The third-order valence-electron chi connectivity index (χ3n) is 2.82. The van der Waals surface area contributed by atoms with Gasteiger partial charge in [0.1, 0.15) is 5.01 Å². The highest BCUT2D eigenvalue weighted by Crippen LogP contribution is 2.24. The van der Waals surface area contributed by atoms with Crippen molar-refractivity contribution >= 4 is 22.4 Å². The van der Waals surface area contributed by atoms with Gasteiger partial charge in [0.15, 0.2) is 0 Å². The Morgan fingerprint density at radius 2 is 2.05 bits per heavy atom. The highest BCUT2D eigenvalue weighted by Gasteiger charge is 2.26. The van der Waals surface area contributed by atoms with E-state index in [9.17, 15) is 4.79 Å². The van der Waals surface area contributed by atoms with Crippen molar-refractivity contribution in [3.8, 4) is 0 Å². The molecule has 0 spiro atoms. The Morgan fingerprint density at radius 3 is 2.65 bits per heavy atom. The molecule has 0 aliphatic carbocycles. The molecule has 0 saturated carbocycles. The number of nitrogens with zero attached hydrogens (tertiary/aromatic N) is 3. The van der Waals surface area contributed by atoms with Crippen LogP contribution in [0.15, 0.2) is 24.5 Å². The van der Waals surface area contributed by atoms with Crippen LogP contribution in [0.5, 0.6) is 0 Å². The lowest BCUT2D eigenvalue weighted by Crippen LogP contribution is -2.41. The second-order valence-corrected chi connectivity index (χ2v) is 5.98. The molecule has 0 aliphatic rings. The van der Waals surface area contributed by atoms with Crippen LogP contribution in [0.4, 0.5) is 5.13 Å². The number of aromatic nitrogens is 3. The number of carbonyl (C=O) groups is 1. The molecule has 20 heavy (non-hydrogen) atoms. The maximum absolute atomic E-state index is 12.0. The monoisotopic (exact) mass is 291 g/mol. The molecule has 6 nitrogen and oxygen atoms in total. The summed E-state index contributed by atoms with van der Waals surface area (Å²) < 4.78 is 0. The summed E-state index contributed by atoms with van der Waals surface area (Å²) in [6.45, 7) is 3.77. The fourth-order valence-electron chi connectivity index (χ4n) is 1.76. The first-order chi connectivity index (χ1) is 9.47. The molecule has 0 aliphatic heterocycles. The fraction of sp³-hybridized carbons (Fsp3) is 0.385. The third kappa shape index (κ3) is 3.74. The van der Waals surface area contributed by atoms with Crippen molar-refractivity contribution < 1.29 is 4.79 Å². The number of nitrogens with one attached hydrogen (secondary N) is 1. The zero-order valence-corrected chi connectivity index (χ0v) is 12.3. The minimum Gasteiger partial charge on any atom is -0.374 e. The molecular weight excluding hydrogens is 274 g/mol. The van der Waals surface area contributed by atoms with Crippen LogP contribution >= 0.6 is 11.3 Å². The van der Waals surface area contributed by atoms with E-state index in [4.69, 9.17) is 5.73 Å². The molecule has 2 aromatic rings. The lowest BCUT2D eigenvalue weighted by molar-refractivity contribution is -0.122. The van der Waals surface area contributed by atoms with Crippen LogP contribution in [-0.2, 0) is 16.8 Å². The van der Waals surface area contributed by atoms with E-state index in [1.165, 1.54) is 11.3 Å². The zero-order chi connectivity index (χ0) is 14.6. The highest BCUT2D eigenvalue weighted by atomic mass is 32.1. The van der Waals surface area contributed by atoms with Crippen LogP contribution < -0.4 is 11.1 Å². The van der Waals surface area contributed by atoms with Gasteiger partial charge in [-0.15, -0.1) is 10.2 Å². The van der Waals surface area contributed by atoms with Crippen molar-refractivity contribution in [3.05, 3.63) is 35.1 Å². The van der Waals surface area contributed by atoms with Crippen LogP contribution in [0.25, 0.3) is 0 Å². The molecule has 3 N–H and O–H groups in total. The number of nitrogens with two attached hydrogens (primary N) is 1. The molecule has 1 amide bonds. The maximum Gasteiger partial charge on any atom is 0.221 e. The van der Waals surface area contributed by atoms with Gasteiger partial charge < -0.3 is 11.1 Å². The first kappa shape index (κ1) is 14.4. The summed E-state index contributed by atoms with van der Waals surface area (Å²) in [5.41, 5.74) is 6.09. The number of aryl methyl sites for hydroxylation is 1. The summed E-state index contributed by atoms with van der Waals surface area (Å²) in [6.07, 6.45) is 4.55. The second kappa shape index (κ2) is 5.96. The molecule has 0 aromatic carbocycles. The lowest BCUT2D eigenvalue weighted by atomic mass is 10.1. The summed E-state index contributed by atoms with van der Waals surface area (Å²) in [5, 5.41) is 11.8. The van der Waals surface area contributed by atoms with Gasteiger partial charge in [-0.2, -0.15) is 0 Å². The van der Waals surface area contributed by atoms with E-state index in [1.54, 1.807) is 12.4 Å². The predicted molar refractivity (Wildman–Crippen MR) is 78.0 cm³/mol. The van der Waals surface area contributed by atoms with E-state index >= 15 is 0 Å². The molecule has 2 aromatic heterocycles. The van der Waals surface area contributed by atoms with Gasteiger partial charge in [0.2, 0.25) is 11.0 Å². The van der Waals surface area contributed by atoms with Crippen molar-refractivity contribution in [2.75, 3.05) is 5.73 Å². The minimum atomic E-state index is -0.565. The van der Waals surface area contributed by atoms with Crippen molar-refractivity contribution in [2.24, 2.45) is 0 Å². The Bertz CT molecular complexity index is 581. The molecule has 0 bridgehead atoms. The standard InChI is InChI=1S/C13H17N5OS/c1-13(2,11-17-18-12(14)20-11)16-10(19)4-3-9-5-7-15-8-6-9/h5-8H,3-4H2,1-2H3,(H2,14,18)(H,16,19). The Kier molecular flexibility index (Phi) is 4.29. The molecule has 2 rings (SSSR count). The number of nitrogen functional groups attached to an aromatic ring is 1. The molecule has 0 atom stereocenters. The summed E-state index contributed by atoms with van der Waals surface area (Å²) in [7, 11) is 0. The van der Waals surface area contributed by atoms with Gasteiger partial charge in [-0.25, -0.2) is 0 Å². The Labute approximate surface area is 121 Å². The first-order valence-electron chi connectivity index (χ1n) is 6.27. The van der Waals surface area contributed by atoms with E-state index in [-0.39, 0.29) is 5.91 Å². The van der Waals surface area contributed by atoms with Gasteiger partial charge in [-0.3, -0.25) is 9.78 Å². The summed E-state index contributed by atoms with van der Waals surface area (Å²) in [6, 6.07) is 3.81. The second-order valence-electron chi connectivity index (χ2n) is 4.97. The maximum atomic E-state index is 12.0. The van der Waals surface area contributed by atoms with Crippen molar-refractivity contribution in [1.82, 2.24) is 20.5 Å². The van der Waals surface area contributed by atoms with E-state index in [1.807, 2.05) is 26.0 Å². The van der Waals surface area contributed by atoms with Crippen molar-refractivity contribution in [2.45, 2.75) is 32.2 Å². The van der Waals surface area contributed by atoms with Crippen LogP contribution in [0.1, 0.15) is 30.8 Å². The number of rotatable bonds is 5. The summed E-state index contributed by atoms with van der Waals surface area (Å²) in [4.78, 5) is 16.0. The number of amides is 1. The number of carbonyl (C=O) groups excluding carboxylic acids is 1. The molecule has 2 heterocycles. The van der Waals surface area contributed by atoms with E-state index in [0.717, 1.165) is 5.56 Å². The first-order valence-corrected chi connectivity index (χ1v) is 7.08. The largest absolute Gasteiger partial charge is 0.374 e. The van der Waals surface area contributed by atoms with E-state index in [2.05, 4.69) is 20.5 Å². The molecule has 7 heteroatoms. The van der Waals surface area contributed by atoms with E-state index < -0.39 is 5.54 Å². The number of anilines is 1. The Morgan fingerprint density at radius 1 is 1.35 bits per heavy atom. The van der Waals surface area contributed by atoms with Gasteiger partial charge in [-0.1, -0.05) is 11.3 Å². The number of pyridine rings is 1. The van der Waals surface area contributed by atoms with Crippen molar-refractivity contribution in [1.29, 1.82) is 0 Å². The average Bonchev–Trinajstić information content (AvgIpc) is 2.85. The normalized spacial score (nSPS) is 11.3. The SMILES string of the molecule is CC(C)(NC(=O)CCc1ccncc1)c1nnc(N)s1. The van der Waals surface area contributed by atoms with Crippen LogP contribution in [-0.4, -0.2) is 21.1 Å². The average molecular weight is 291 g/mol. The number of hydrogen-bond acceptors (Lipinski definition) is 6. The zero-order valence-electron chi connectivity index (χ0n) is 11.5. The fourth-order valence-corrected chi connectivity index (χ4v) is 2.43. The molecular formula is C13H17N5OS. The molecule has 106 valence electrons. The van der Waals surface area contributed by atoms with Crippen LogP contribution in [0.3, 0.4) is 0 Å². The lowest BCUT2D eigenvalue weighted by Gasteiger charge is -2.23. The third-order valence-corrected chi connectivity index (χ3v) is 3.89. The van der Waals surface area contributed by atoms with Crippen LogP contribution in [0.2, 0.25) is 0 Å². The Balaban J connectivity index is 1.91. The topological polar surface area (TPSA) is 93.8 Å². The Hall–Kier alpha value is -2.02.